The lowest BCUT2D eigenvalue weighted by Gasteiger charge is -2.29. The van der Waals surface area contributed by atoms with E-state index in [0.717, 1.165) is 45.8 Å². The van der Waals surface area contributed by atoms with Crippen LogP contribution in [-0.4, -0.2) is 63.3 Å². The first-order valence-electron chi connectivity index (χ1n) is 6.46. The number of amides is 1. The van der Waals surface area contributed by atoms with E-state index >= 15 is 0 Å². The summed E-state index contributed by atoms with van der Waals surface area (Å²) in [6.45, 7) is 7.43. The Bertz CT molecular complexity index is 218. The van der Waals surface area contributed by atoms with Crippen molar-refractivity contribution >= 4 is 5.91 Å². The smallest absolute Gasteiger partial charge is 0.220 e. The third kappa shape index (κ3) is 6.61. The van der Waals surface area contributed by atoms with E-state index in [1.165, 1.54) is 0 Å². The average molecular weight is 243 g/mol. The van der Waals surface area contributed by atoms with Crippen LogP contribution in [0.25, 0.3) is 0 Å². The van der Waals surface area contributed by atoms with Gasteiger partial charge in [0.1, 0.15) is 0 Å². The minimum Gasteiger partial charge on any atom is -0.379 e. The standard InChI is InChI=1S/C12H25N3O2/c1-11(10-15-6-8-17-9-7-15)14-12(16)4-3-5-13-2/h11,13H,3-10H2,1-2H3,(H,14,16). The van der Waals surface area contributed by atoms with Gasteiger partial charge in [-0.15, -0.1) is 0 Å². The van der Waals surface area contributed by atoms with Gasteiger partial charge < -0.3 is 15.4 Å². The van der Waals surface area contributed by atoms with Crippen LogP contribution >= 0.6 is 0 Å². The summed E-state index contributed by atoms with van der Waals surface area (Å²) >= 11 is 0. The summed E-state index contributed by atoms with van der Waals surface area (Å²) in [7, 11) is 1.90. The molecule has 1 unspecified atom stereocenters. The molecule has 0 bridgehead atoms. The zero-order valence-corrected chi connectivity index (χ0v) is 11.0. The second-order valence-electron chi connectivity index (χ2n) is 4.59. The van der Waals surface area contributed by atoms with Gasteiger partial charge in [-0.25, -0.2) is 0 Å². The highest BCUT2D eigenvalue weighted by Crippen LogP contribution is 1.99. The van der Waals surface area contributed by atoms with Crippen LogP contribution in [0.2, 0.25) is 0 Å². The number of ether oxygens (including phenoxy) is 1. The molecular formula is C12H25N3O2. The summed E-state index contributed by atoms with van der Waals surface area (Å²) in [5, 5.41) is 6.08. The number of rotatable bonds is 7. The van der Waals surface area contributed by atoms with Crippen molar-refractivity contribution in [1.82, 2.24) is 15.5 Å². The molecule has 0 saturated carbocycles. The monoisotopic (exact) mass is 243 g/mol. The van der Waals surface area contributed by atoms with Crippen molar-refractivity contribution in [2.45, 2.75) is 25.8 Å². The van der Waals surface area contributed by atoms with Crippen molar-refractivity contribution < 1.29 is 9.53 Å². The molecule has 17 heavy (non-hydrogen) atoms. The van der Waals surface area contributed by atoms with Gasteiger partial charge in [0.15, 0.2) is 0 Å². The first-order chi connectivity index (χ1) is 8.22. The van der Waals surface area contributed by atoms with Crippen molar-refractivity contribution in [3.8, 4) is 0 Å². The molecule has 0 aromatic rings. The van der Waals surface area contributed by atoms with Crippen LogP contribution < -0.4 is 10.6 Å². The Labute approximate surface area is 104 Å². The molecule has 1 atom stereocenters. The first-order valence-corrected chi connectivity index (χ1v) is 6.46. The molecule has 1 fully saturated rings. The lowest BCUT2D eigenvalue weighted by Crippen LogP contribution is -2.46. The second-order valence-corrected chi connectivity index (χ2v) is 4.59. The van der Waals surface area contributed by atoms with E-state index in [1.54, 1.807) is 0 Å². The van der Waals surface area contributed by atoms with E-state index in [2.05, 4.69) is 22.5 Å². The molecule has 1 saturated heterocycles. The molecule has 2 N–H and O–H groups in total. The van der Waals surface area contributed by atoms with E-state index in [0.29, 0.717) is 6.42 Å². The molecule has 0 spiro atoms. The van der Waals surface area contributed by atoms with Crippen molar-refractivity contribution in [1.29, 1.82) is 0 Å². The Kier molecular flexibility index (Phi) is 7.16. The van der Waals surface area contributed by atoms with Crippen molar-refractivity contribution in [2.24, 2.45) is 0 Å². The highest BCUT2D eigenvalue weighted by atomic mass is 16.5. The zero-order valence-electron chi connectivity index (χ0n) is 11.0. The summed E-state index contributed by atoms with van der Waals surface area (Å²) in [6.07, 6.45) is 1.50. The fraction of sp³-hybridized carbons (Fsp3) is 0.917. The average Bonchev–Trinajstić information content (AvgIpc) is 2.30. The van der Waals surface area contributed by atoms with Crippen LogP contribution in [0.5, 0.6) is 0 Å². The van der Waals surface area contributed by atoms with Crippen molar-refractivity contribution in [3.63, 3.8) is 0 Å². The normalized spacial score (nSPS) is 18.9. The fourth-order valence-electron chi connectivity index (χ4n) is 1.99. The summed E-state index contributed by atoms with van der Waals surface area (Å²) in [5.74, 6) is 0.154. The molecule has 1 amide bonds. The maximum absolute atomic E-state index is 11.6. The Morgan fingerprint density at radius 3 is 2.76 bits per heavy atom. The van der Waals surface area contributed by atoms with Crippen LogP contribution in [0.3, 0.4) is 0 Å². The van der Waals surface area contributed by atoms with Gasteiger partial charge in [-0.1, -0.05) is 0 Å². The third-order valence-corrected chi connectivity index (χ3v) is 2.87. The molecular weight excluding hydrogens is 218 g/mol. The Hall–Kier alpha value is -0.650. The van der Waals surface area contributed by atoms with Gasteiger partial charge in [-0.05, 0) is 26.9 Å². The van der Waals surface area contributed by atoms with E-state index in [4.69, 9.17) is 4.74 Å². The third-order valence-electron chi connectivity index (χ3n) is 2.87. The SMILES string of the molecule is CNCCCC(=O)NC(C)CN1CCOCC1. The number of carbonyl (C=O) groups is 1. The highest BCUT2D eigenvalue weighted by Gasteiger charge is 2.14. The second kappa shape index (κ2) is 8.44. The minimum atomic E-state index is 0.154. The maximum atomic E-state index is 11.6. The summed E-state index contributed by atoms with van der Waals surface area (Å²) in [6, 6.07) is 0.218. The first kappa shape index (κ1) is 14.4. The lowest BCUT2D eigenvalue weighted by atomic mass is 10.2. The number of nitrogens with one attached hydrogen (secondary N) is 2. The van der Waals surface area contributed by atoms with E-state index in [9.17, 15) is 4.79 Å². The summed E-state index contributed by atoms with van der Waals surface area (Å²) in [5.41, 5.74) is 0. The molecule has 0 aromatic heterocycles. The van der Waals surface area contributed by atoms with Crippen LogP contribution in [0, 0.1) is 0 Å². The zero-order chi connectivity index (χ0) is 12.5. The molecule has 0 aromatic carbocycles. The van der Waals surface area contributed by atoms with Gasteiger partial charge in [-0.2, -0.15) is 0 Å². The fourth-order valence-corrected chi connectivity index (χ4v) is 1.99. The van der Waals surface area contributed by atoms with E-state index in [1.807, 2.05) is 7.05 Å². The molecule has 0 radical (unpaired) electrons. The van der Waals surface area contributed by atoms with Crippen LogP contribution in [0.15, 0.2) is 0 Å². The molecule has 1 rings (SSSR count). The number of hydrogen-bond donors (Lipinski definition) is 2. The molecule has 5 heteroatoms. The van der Waals surface area contributed by atoms with E-state index in [-0.39, 0.29) is 11.9 Å². The number of morpholine rings is 1. The van der Waals surface area contributed by atoms with Gasteiger partial charge in [0.25, 0.3) is 0 Å². The molecule has 0 aliphatic carbocycles. The molecule has 1 aliphatic heterocycles. The molecule has 1 heterocycles. The predicted molar refractivity (Wildman–Crippen MR) is 68.0 cm³/mol. The highest BCUT2D eigenvalue weighted by molar-refractivity contribution is 5.76. The quantitative estimate of drug-likeness (QED) is 0.609. The van der Waals surface area contributed by atoms with Gasteiger partial charge in [0.2, 0.25) is 5.91 Å². The number of hydrogen-bond acceptors (Lipinski definition) is 4. The maximum Gasteiger partial charge on any atom is 0.220 e. The van der Waals surface area contributed by atoms with Gasteiger partial charge in [0, 0.05) is 32.1 Å². The van der Waals surface area contributed by atoms with Crippen LogP contribution in [0.4, 0.5) is 0 Å². The Morgan fingerprint density at radius 1 is 1.41 bits per heavy atom. The number of nitrogens with zero attached hydrogens (tertiary/aromatic N) is 1. The Morgan fingerprint density at radius 2 is 2.12 bits per heavy atom. The predicted octanol–water partition coefficient (Wildman–Crippen LogP) is -0.177. The van der Waals surface area contributed by atoms with E-state index < -0.39 is 0 Å². The number of carbonyl (C=O) groups excluding carboxylic acids is 1. The van der Waals surface area contributed by atoms with Crippen molar-refractivity contribution in [2.75, 3.05) is 46.4 Å². The summed E-state index contributed by atoms with van der Waals surface area (Å²) < 4.78 is 5.29. The summed E-state index contributed by atoms with van der Waals surface area (Å²) in [4.78, 5) is 13.9. The minimum absolute atomic E-state index is 0.154. The van der Waals surface area contributed by atoms with Gasteiger partial charge in [0.05, 0.1) is 13.2 Å². The Balaban J connectivity index is 2.10. The van der Waals surface area contributed by atoms with Gasteiger partial charge in [-0.3, -0.25) is 9.69 Å². The molecule has 100 valence electrons. The van der Waals surface area contributed by atoms with Crippen LogP contribution in [0.1, 0.15) is 19.8 Å². The lowest BCUT2D eigenvalue weighted by molar-refractivity contribution is -0.121. The van der Waals surface area contributed by atoms with Crippen LogP contribution in [-0.2, 0) is 9.53 Å². The van der Waals surface area contributed by atoms with Crippen molar-refractivity contribution in [3.05, 3.63) is 0 Å². The van der Waals surface area contributed by atoms with Gasteiger partial charge >= 0.3 is 0 Å². The molecule has 1 aliphatic rings. The largest absolute Gasteiger partial charge is 0.379 e. The topological polar surface area (TPSA) is 53.6 Å². The molecule has 5 nitrogen and oxygen atoms in total.